The lowest BCUT2D eigenvalue weighted by molar-refractivity contribution is 0.103. The van der Waals surface area contributed by atoms with Gasteiger partial charge in [0.2, 0.25) is 31.2 Å². The van der Waals surface area contributed by atoms with Crippen LogP contribution in [0.3, 0.4) is 0 Å². The Morgan fingerprint density at radius 1 is 0.561 bits per heavy atom. The Balaban J connectivity index is 0.000000160. The summed E-state index contributed by atoms with van der Waals surface area (Å²) in [6.07, 6.45) is 15.9. The van der Waals surface area contributed by atoms with Crippen LogP contribution in [-0.2, 0) is 30.5 Å². The fourth-order valence-corrected chi connectivity index (χ4v) is 11.4. The number of hydrogen-bond donors (Lipinski definition) is 0. The van der Waals surface area contributed by atoms with Gasteiger partial charge in [0.15, 0.2) is 0 Å². The van der Waals surface area contributed by atoms with Crippen molar-refractivity contribution in [2.45, 2.75) is 48.3 Å². The van der Waals surface area contributed by atoms with Gasteiger partial charge in [-0.3, -0.25) is 9.59 Å². The molecule has 5 aliphatic rings. The minimum atomic E-state index is -3.77. The first kappa shape index (κ1) is 37.8. The monoisotopic (exact) mass is 792 g/mol. The highest BCUT2D eigenvalue weighted by molar-refractivity contribution is 7.97. The molecular weight excluding hydrogens is 753 g/mol. The highest BCUT2D eigenvalue weighted by Crippen LogP contribution is 2.50. The number of benzene rings is 4. The molecule has 0 N–H and O–H groups in total. The quantitative estimate of drug-likeness (QED) is 0.189. The molecule has 0 aliphatic carbocycles. The maximum absolute atomic E-state index is 12.7. The number of sulfone groups is 2. The van der Waals surface area contributed by atoms with Crippen LogP contribution >= 0.6 is 0 Å². The third-order valence-corrected chi connectivity index (χ3v) is 15.0. The number of carbonyl (C=O) groups excluding carboxylic acids is 2. The molecule has 0 unspecified atom stereocenters. The molecule has 0 aromatic heterocycles. The molecule has 0 atom stereocenters. The van der Waals surface area contributed by atoms with Crippen molar-refractivity contribution in [2.75, 3.05) is 16.8 Å². The van der Waals surface area contributed by atoms with Crippen LogP contribution in [0.15, 0.2) is 188 Å². The number of para-hydroxylation sites is 2. The summed E-state index contributed by atoms with van der Waals surface area (Å²) < 4.78 is 50.7. The Bertz CT molecular complexity index is 2880. The smallest absolute Gasteiger partial charge is 0.211 e. The summed E-state index contributed by atoms with van der Waals surface area (Å²) >= 11 is 0. The number of anilines is 2. The molecule has 4 aromatic rings. The number of carbonyl (C=O) groups is 2. The van der Waals surface area contributed by atoms with Crippen molar-refractivity contribution in [1.29, 1.82) is 0 Å². The molecule has 0 amide bonds. The molecule has 0 saturated heterocycles. The highest BCUT2D eigenvalue weighted by Gasteiger charge is 2.42. The first-order chi connectivity index (χ1) is 27.1. The van der Waals surface area contributed by atoms with Crippen molar-refractivity contribution in [1.82, 2.24) is 0 Å². The second-order valence-corrected chi connectivity index (χ2v) is 19.2. The predicted octanol–water partition coefficient (Wildman–Crippen LogP) is 9.08. The average Bonchev–Trinajstić information content (AvgIpc) is 3.72. The van der Waals surface area contributed by atoms with E-state index in [-0.39, 0.29) is 41.6 Å². The summed E-state index contributed by atoms with van der Waals surface area (Å²) in [5.41, 5.74) is 8.05. The Hall–Kier alpha value is -6.10. The Labute approximate surface area is 333 Å². The van der Waals surface area contributed by atoms with E-state index in [2.05, 4.69) is 67.8 Å². The molecular formula is C47H40N2O6S2. The fourth-order valence-electron chi connectivity index (χ4n) is 8.28. The number of likely N-dealkylation sites (N-methyl/N-ethyl adjacent to an activating group) is 1. The van der Waals surface area contributed by atoms with Crippen LogP contribution in [0.25, 0.3) is 0 Å². The number of rotatable bonds is 3. The largest absolute Gasteiger partial charge is 0.347 e. The van der Waals surface area contributed by atoms with Gasteiger partial charge in [0, 0.05) is 58.0 Å². The van der Waals surface area contributed by atoms with Gasteiger partial charge in [-0.25, -0.2) is 16.8 Å². The number of ketones is 2. The van der Waals surface area contributed by atoms with Crippen LogP contribution in [0.4, 0.5) is 11.4 Å². The molecule has 8 nitrogen and oxygen atoms in total. The highest BCUT2D eigenvalue weighted by atomic mass is 32.2. The minimum Gasteiger partial charge on any atom is -0.347 e. The first-order valence-electron chi connectivity index (χ1n) is 18.5. The van der Waals surface area contributed by atoms with E-state index in [0.717, 1.165) is 28.3 Å². The van der Waals surface area contributed by atoms with Gasteiger partial charge in [-0.05, 0) is 83.5 Å². The normalized spacial score (nSPS) is 22.7. The van der Waals surface area contributed by atoms with Gasteiger partial charge in [-0.15, -0.1) is 0 Å². The lowest BCUT2D eigenvalue weighted by atomic mass is 9.83. The molecule has 5 heterocycles. The number of fused-ring (bicyclic) bond motifs is 6. The maximum atomic E-state index is 12.7. The summed E-state index contributed by atoms with van der Waals surface area (Å²) in [4.78, 5) is 29.2. The lowest BCUT2D eigenvalue weighted by Crippen LogP contribution is -2.24. The van der Waals surface area contributed by atoms with Gasteiger partial charge >= 0.3 is 0 Å². The van der Waals surface area contributed by atoms with Gasteiger partial charge in [0.25, 0.3) is 0 Å². The van der Waals surface area contributed by atoms with E-state index >= 15 is 0 Å². The zero-order valence-electron chi connectivity index (χ0n) is 32.1. The van der Waals surface area contributed by atoms with Crippen molar-refractivity contribution in [3.8, 4) is 0 Å². The second kappa shape index (κ2) is 13.5. The SMILES string of the molecule is CC1(C)C2=CC(=CC=C3C(=O)c4ccccc4S3(=O)=O)C=CN2c2ccccc21.CN1/C(=C/C=C/C=C2/C(=O)c3ccccc3S2(=O)=O)C(C)(C)c2ccccc21. The standard InChI is InChI=1S/C24H19NO3S.C23H21NO3S/c1-24(2)18-8-4-5-9-19(18)25-14-13-16(15-22(24)25)11-12-21-23(26)17-7-3-6-10-20(17)29(21,27)28;1-23(2)17-11-5-6-12-18(17)24(3)21(23)15-9-8-14-20-22(25)16-10-4-7-13-19(16)28(20,26)27/h3-15H,1-2H3;4-15H,1-3H3/b;9-8+,20-14-,21-15+. The molecule has 0 saturated carbocycles. The molecule has 0 fully saturated rings. The van der Waals surface area contributed by atoms with Crippen molar-refractivity contribution in [3.05, 3.63) is 201 Å². The second-order valence-electron chi connectivity index (χ2n) is 15.4. The Morgan fingerprint density at radius 2 is 1.05 bits per heavy atom. The molecule has 57 heavy (non-hydrogen) atoms. The van der Waals surface area contributed by atoms with E-state index < -0.39 is 31.2 Å². The topological polar surface area (TPSA) is 109 Å². The summed E-state index contributed by atoms with van der Waals surface area (Å²) in [6, 6.07) is 29.2. The summed E-state index contributed by atoms with van der Waals surface area (Å²) in [5, 5.41) is 0. The van der Waals surface area contributed by atoms with Gasteiger partial charge in [0.1, 0.15) is 9.81 Å². The Kier molecular flexibility index (Phi) is 8.98. The van der Waals surface area contributed by atoms with Crippen LogP contribution in [0, 0.1) is 0 Å². The zero-order chi connectivity index (χ0) is 40.5. The molecule has 0 radical (unpaired) electrons. The van der Waals surface area contributed by atoms with Gasteiger partial charge in [-0.2, -0.15) is 0 Å². The number of nitrogens with zero attached hydrogens (tertiary/aromatic N) is 2. The molecule has 286 valence electrons. The maximum Gasteiger partial charge on any atom is 0.211 e. The van der Waals surface area contributed by atoms with Crippen molar-refractivity contribution in [2.24, 2.45) is 0 Å². The lowest BCUT2D eigenvalue weighted by Gasteiger charge is -2.27. The number of hydrogen-bond acceptors (Lipinski definition) is 8. The van der Waals surface area contributed by atoms with Crippen LogP contribution < -0.4 is 9.80 Å². The third-order valence-electron chi connectivity index (χ3n) is 11.3. The molecule has 10 heteroatoms. The Morgan fingerprint density at radius 3 is 1.63 bits per heavy atom. The molecule has 4 aromatic carbocycles. The first-order valence-corrected chi connectivity index (χ1v) is 21.5. The van der Waals surface area contributed by atoms with Crippen molar-refractivity contribution in [3.63, 3.8) is 0 Å². The number of Topliss-reactive ketones (excluding diaryl/α,β-unsaturated/α-hetero) is 2. The molecule has 0 spiro atoms. The summed E-state index contributed by atoms with van der Waals surface area (Å²) in [7, 11) is -5.49. The van der Waals surface area contributed by atoms with E-state index in [1.165, 1.54) is 35.4 Å². The van der Waals surface area contributed by atoms with E-state index in [4.69, 9.17) is 0 Å². The zero-order valence-corrected chi connectivity index (χ0v) is 33.7. The van der Waals surface area contributed by atoms with Gasteiger partial charge in [-0.1, -0.05) is 107 Å². The van der Waals surface area contributed by atoms with Crippen molar-refractivity contribution < 1.29 is 26.4 Å². The van der Waals surface area contributed by atoms with Crippen molar-refractivity contribution >= 4 is 42.6 Å². The van der Waals surface area contributed by atoms with Crippen LogP contribution in [0.2, 0.25) is 0 Å². The third kappa shape index (κ3) is 5.93. The van der Waals surface area contributed by atoms with E-state index in [9.17, 15) is 26.4 Å². The van der Waals surface area contributed by atoms with Crippen LogP contribution in [-0.4, -0.2) is 35.4 Å². The fraction of sp³-hybridized carbons (Fsp3) is 0.149. The average molecular weight is 793 g/mol. The summed E-state index contributed by atoms with van der Waals surface area (Å²) in [6.45, 7) is 8.67. The summed E-state index contributed by atoms with van der Waals surface area (Å²) in [5.74, 6) is -0.890. The molecule has 5 aliphatic heterocycles. The number of allylic oxidation sites excluding steroid dienone is 13. The van der Waals surface area contributed by atoms with E-state index in [0.29, 0.717) is 0 Å². The van der Waals surface area contributed by atoms with Crippen LogP contribution in [0.5, 0.6) is 0 Å². The van der Waals surface area contributed by atoms with Crippen LogP contribution in [0.1, 0.15) is 59.5 Å². The van der Waals surface area contributed by atoms with Gasteiger partial charge < -0.3 is 9.80 Å². The molecule has 0 bridgehead atoms. The van der Waals surface area contributed by atoms with Gasteiger partial charge in [0.05, 0.1) is 9.79 Å². The predicted molar refractivity (Wildman–Crippen MR) is 224 cm³/mol. The van der Waals surface area contributed by atoms with E-state index in [1.54, 1.807) is 54.6 Å². The van der Waals surface area contributed by atoms with E-state index in [1.807, 2.05) is 49.7 Å². The molecule has 9 rings (SSSR count). The minimum absolute atomic E-state index is 0.0881.